The summed E-state index contributed by atoms with van der Waals surface area (Å²) in [5, 5.41) is 8.80. The summed E-state index contributed by atoms with van der Waals surface area (Å²) in [4.78, 5) is 0. The summed E-state index contributed by atoms with van der Waals surface area (Å²) in [6.07, 6.45) is -4.87. The lowest BCUT2D eigenvalue weighted by atomic mass is 9.84. The minimum Gasteiger partial charge on any atom is -0.396 e. The zero-order chi connectivity index (χ0) is 9.24. The lowest BCUT2D eigenvalue weighted by Gasteiger charge is -2.25. The zero-order valence-electron chi connectivity index (χ0n) is 6.52. The van der Waals surface area contributed by atoms with Crippen molar-refractivity contribution in [1.82, 2.24) is 0 Å². The van der Waals surface area contributed by atoms with Crippen molar-refractivity contribution < 1.29 is 23.0 Å². The van der Waals surface area contributed by atoms with Gasteiger partial charge in [0.2, 0.25) is 0 Å². The summed E-state index contributed by atoms with van der Waals surface area (Å²) in [5.74, 6) is 0. The van der Waals surface area contributed by atoms with Crippen LogP contribution in [0.4, 0.5) is 13.2 Å². The highest BCUT2D eigenvalue weighted by Gasteiger charge is 2.44. The summed E-state index contributed by atoms with van der Waals surface area (Å²) in [7, 11) is 0. The molecule has 5 heteroatoms. The number of halogens is 3. The van der Waals surface area contributed by atoms with E-state index in [1.807, 2.05) is 0 Å². The Morgan fingerprint density at radius 3 is 2.42 bits per heavy atom. The smallest absolute Gasteiger partial charge is 0.389 e. The molecular formula is C7H11F3O2. The molecule has 0 aromatic rings. The number of alkyl halides is 3. The fourth-order valence-electron chi connectivity index (χ4n) is 1.39. The molecule has 1 aliphatic rings. The van der Waals surface area contributed by atoms with Crippen LogP contribution >= 0.6 is 0 Å². The van der Waals surface area contributed by atoms with Gasteiger partial charge in [-0.25, -0.2) is 0 Å². The van der Waals surface area contributed by atoms with E-state index in [-0.39, 0.29) is 6.61 Å². The van der Waals surface area contributed by atoms with E-state index in [1.165, 1.54) is 0 Å². The Bertz CT molecular complexity index is 149. The first-order chi connectivity index (χ1) is 5.47. The third kappa shape index (κ3) is 2.35. The Labute approximate surface area is 68.3 Å². The fraction of sp³-hybridized carbons (Fsp3) is 1.00. The predicted octanol–water partition coefficient (Wildman–Crippen LogP) is 1.34. The average molecular weight is 184 g/mol. The predicted molar refractivity (Wildman–Crippen MR) is 35.6 cm³/mol. The molecule has 72 valence electrons. The molecule has 1 saturated heterocycles. The molecule has 1 heterocycles. The Hall–Kier alpha value is -0.290. The van der Waals surface area contributed by atoms with Gasteiger partial charge in [0.05, 0.1) is 19.6 Å². The van der Waals surface area contributed by atoms with Crippen LogP contribution < -0.4 is 0 Å². The molecule has 1 atom stereocenters. The van der Waals surface area contributed by atoms with E-state index < -0.39 is 24.6 Å². The van der Waals surface area contributed by atoms with Crippen molar-refractivity contribution in [3.05, 3.63) is 0 Å². The van der Waals surface area contributed by atoms with Gasteiger partial charge in [-0.15, -0.1) is 0 Å². The van der Waals surface area contributed by atoms with E-state index in [9.17, 15) is 13.2 Å². The van der Waals surface area contributed by atoms with Gasteiger partial charge in [0.1, 0.15) is 0 Å². The van der Waals surface area contributed by atoms with Gasteiger partial charge in [0.25, 0.3) is 0 Å². The van der Waals surface area contributed by atoms with Gasteiger partial charge in [0, 0.05) is 12.0 Å². The fourth-order valence-corrected chi connectivity index (χ4v) is 1.39. The number of hydrogen-bond acceptors (Lipinski definition) is 2. The van der Waals surface area contributed by atoms with Crippen molar-refractivity contribution >= 4 is 0 Å². The molecule has 0 bridgehead atoms. The molecule has 0 aliphatic carbocycles. The molecule has 0 aromatic carbocycles. The second-order valence-electron chi connectivity index (χ2n) is 3.25. The zero-order valence-corrected chi connectivity index (χ0v) is 6.52. The summed E-state index contributed by atoms with van der Waals surface area (Å²) in [6, 6.07) is 0. The van der Waals surface area contributed by atoms with Crippen molar-refractivity contribution in [2.75, 3.05) is 19.8 Å². The normalized spacial score (nSPS) is 31.0. The summed E-state index contributed by atoms with van der Waals surface area (Å²) in [6.45, 7) is -0.119. The largest absolute Gasteiger partial charge is 0.396 e. The summed E-state index contributed by atoms with van der Waals surface area (Å²) in [5.41, 5.74) is -1.07. The standard InChI is InChI=1S/C7H11F3O2/c8-7(9,10)3-6(4-11)1-2-12-5-6/h11H,1-5H2. The molecule has 0 amide bonds. The highest BCUT2D eigenvalue weighted by atomic mass is 19.4. The lowest BCUT2D eigenvalue weighted by molar-refractivity contribution is -0.163. The van der Waals surface area contributed by atoms with E-state index in [4.69, 9.17) is 9.84 Å². The van der Waals surface area contributed by atoms with Crippen molar-refractivity contribution in [1.29, 1.82) is 0 Å². The topological polar surface area (TPSA) is 29.5 Å². The van der Waals surface area contributed by atoms with Gasteiger partial charge in [-0.3, -0.25) is 0 Å². The average Bonchev–Trinajstić information content (AvgIpc) is 2.34. The highest BCUT2D eigenvalue weighted by Crippen LogP contribution is 2.39. The molecule has 12 heavy (non-hydrogen) atoms. The van der Waals surface area contributed by atoms with E-state index in [1.54, 1.807) is 0 Å². The third-order valence-corrected chi connectivity index (χ3v) is 2.10. The molecular weight excluding hydrogens is 173 g/mol. The van der Waals surface area contributed by atoms with Crippen LogP contribution in [0, 0.1) is 5.41 Å². The van der Waals surface area contributed by atoms with Gasteiger partial charge < -0.3 is 9.84 Å². The molecule has 0 saturated carbocycles. The lowest BCUT2D eigenvalue weighted by Crippen LogP contribution is -2.32. The number of aliphatic hydroxyl groups excluding tert-OH is 1. The molecule has 1 aliphatic heterocycles. The summed E-state index contributed by atoms with van der Waals surface area (Å²) >= 11 is 0. The Balaban J connectivity index is 2.55. The quantitative estimate of drug-likeness (QED) is 0.701. The molecule has 1 unspecified atom stereocenters. The summed E-state index contributed by atoms with van der Waals surface area (Å²) < 4.78 is 40.8. The SMILES string of the molecule is OCC1(CC(F)(F)F)CCOC1. The molecule has 0 aromatic heterocycles. The Morgan fingerprint density at radius 1 is 1.42 bits per heavy atom. The second-order valence-corrected chi connectivity index (χ2v) is 3.25. The van der Waals surface area contributed by atoms with E-state index >= 15 is 0 Å². The van der Waals surface area contributed by atoms with Crippen LogP contribution in [0.25, 0.3) is 0 Å². The van der Waals surface area contributed by atoms with E-state index in [0.29, 0.717) is 13.0 Å². The minimum atomic E-state index is -4.21. The van der Waals surface area contributed by atoms with E-state index in [2.05, 4.69) is 0 Å². The first-order valence-corrected chi connectivity index (χ1v) is 3.73. The number of hydrogen-bond donors (Lipinski definition) is 1. The van der Waals surface area contributed by atoms with Crippen molar-refractivity contribution in [2.24, 2.45) is 5.41 Å². The van der Waals surface area contributed by atoms with Crippen LogP contribution in [0.15, 0.2) is 0 Å². The van der Waals surface area contributed by atoms with Crippen LogP contribution in [0.2, 0.25) is 0 Å². The van der Waals surface area contributed by atoms with Crippen LogP contribution in [0.1, 0.15) is 12.8 Å². The van der Waals surface area contributed by atoms with Crippen molar-refractivity contribution in [3.63, 3.8) is 0 Å². The second kappa shape index (κ2) is 3.22. The van der Waals surface area contributed by atoms with Gasteiger partial charge in [-0.2, -0.15) is 13.2 Å². The number of rotatable bonds is 2. The first-order valence-electron chi connectivity index (χ1n) is 3.73. The maximum atomic E-state index is 12.0. The highest BCUT2D eigenvalue weighted by molar-refractivity contribution is 4.84. The van der Waals surface area contributed by atoms with Crippen LogP contribution in [-0.2, 0) is 4.74 Å². The van der Waals surface area contributed by atoms with Crippen LogP contribution in [0.5, 0.6) is 0 Å². The molecule has 1 fully saturated rings. The Morgan fingerprint density at radius 2 is 2.08 bits per heavy atom. The molecule has 0 radical (unpaired) electrons. The maximum Gasteiger partial charge on any atom is 0.389 e. The molecule has 2 nitrogen and oxygen atoms in total. The maximum absolute atomic E-state index is 12.0. The van der Waals surface area contributed by atoms with Gasteiger partial charge in [-0.1, -0.05) is 0 Å². The van der Waals surface area contributed by atoms with Gasteiger partial charge in [0.15, 0.2) is 0 Å². The molecule has 1 rings (SSSR count). The third-order valence-electron chi connectivity index (χ3n) is 2.10. The first kappa shape index (κ1) is 9.80. The van der Waals surface area contributed by atoms with Gasteiger partial charge in [-0.05, 0) is 6.42 Å². The van der Waals surface area contributed by atoms with Crippen molar-refractivity contribution in [2.45, 2.75) is 19.0 Å². The number of aliphatic hydroxyl groups is 1. The van der Waals surface area contributed by atoms with Crippen molar-refractivity contribution in [3.8, 4) is 0 Å². The van der Waals surface area contributed by atoms with Crippen LogP contribution in [-0.4, -0.2) is 31.1 Å². The number of ether oxygens (including phenoxy) is 1. The van der Waals surface area contributed by atoms with E-state index in [0.717, 1.165) is 0 Å². The monoisotopic (exact) mass is 184 g/mol. The Kier molecular flexibility index (Phi) is 2.63. The molecule has 1 N–H and O–H groups in total. The minimum absolute atomic E-state index is 0.0169. The van der Waals surface area contributed by atoms with Crippen LogP contribution in [0.3, 0.4) is 0 Å². The molecule has 0 spiro atoms. The van der Waals surface area contributed by atoms with Gasteiger partial charge >= 0.3 is 6.18 Å².